The van der Waals surface area contributed by atoms with Gasteiger partial charge >= 0.3 is 5.97 Å². The zero-order valence-corrected chi connectivity index (χ0v) is 8.89. The molecule has 0 fully saturated rings. The molecule has 0 aromatic rings. The highest BCUT2D eigenvalue weighted by atomic mass is 16.5. The van der Waals surface area contributed by atoms with Gasteiger partial charge in [0.2, 0.25) is 0 Å². The molecule has 1 unspecified atom stereocenters. The maximum atomic E-state index is 11.1. The summed E-state index contributed by atoms with van der Waals surface area (Å²) in [7, 11) is 0. The largest absolute Gasteiger partial charge is 0.459 e. The van der Waals surface area contributed by atoms with Gasteiger partial charge in [-0.15, -0.1) is 0 Å². The van der Waals surface area contributed by atoms with Crippen LogP contribution in [0.25, 0.3) is 0 Å². The molecule has 13 heavy (non-hydrogen) atoms. The Morgan fingerprint density at radius 3 is 2.38 bits per heavy atom. The number of esters is 1. The van der Waals surface area contributed by atoms with Crippen LogP contribution in [0.3, 0.4) is 0 Å². The van der Waals surface area contributed by atoms with Crippen molar-refractivity contribution < 1.29 is 9.53 Å². The summed E-state index contributed by atoms with van der Waals surface area (Å²) >= 11 is 0. The number of ether oxygens (including phenoxy) is 1. The van der Waals surface area contributed by atoms with Gasteiger partial charge in [0, 0.05) is 17.5 Å². The van der Waals surface area contributed by atoms with Crippen LogP contribution in [0.2, 0.25) is 0 Å². The Morgan fingerprint density at radius 2 is 2.08 bits per heavy atom. The molecular weight excluding hydrogens is 166 g/mol. The van der Waals surface area contributed by atoms with Crippen LogP contribution < -0.4 is 5.73 Å². The van der Waals surface area contributed by atoms with Crippen LogP contribution in [-0.4, -0.2) is 17.6 Å². The lowest BCUT2D eigenvalue weighted by molar-refractivity contribution is -0.144. The van der Waals surface area contributed by atoms with E-state index in [1.54, 1.807) is 6.92 Å². The monoisotopic (exact) mass is 185 g/mol. The molecule has 0 bridgehead atoms. The summed E-state index contributed by atoms with van der Waals surface area (Å²) in [6.07, 6.45) is 0.482. The molecule has 0 aliphatic rings. The third-order valence-electron chi connectivity index (χ3n) is 1.47. The van der Waals surface area contributed by atoms with E-state index < -0.39 is 0 Å². The van der Waals surface area contributed by atoms with Gasteiger partial charge in [0.1, 0.15) is 6.10 Å². The maximum Gasteiger partial charge on any atom is 0.333 e. The Labute approximate surface area is 79.9 Å². The van der Waals surface area contributed by atoms with E-state index in [0.717, 1.165) is 0 Å². The number of carbonyl (C=O) groups excluding carboxylic acids is 1. The first-order chi connectivity index (χ1) is 5.72. The molecule has 0 spiro atoms. The van der Waals surface area contributed by atoms with Crippen LogP contribution in [-0.2, 0) is 9.53 Å². The van der Waals surface area contributed by atoms with Crippen molar-refractivity contribution in [1.29, 1.82) is 0 Å². The van der Waals surface area contributed by atoms with E-state index in [4.69, 9.17) is 10.5 Å². The smallest absolute Gasteiger partial charge is 0.333 e. The molecule has 76 valence electrons. The molecule has 0 saturated carbocycles. The van der Waals surface area contributed by atoms with E-state index in [9.17, 15) is 4.79 Å². The van der Waals surface area contributed by atoms with Crippen molar-refractivity contribution in [3.05, 3.63) is 12.2 Å². The second-order valence-electron chi connectivity index (χ2n) is 4.19. The highest BCUT2D eigenvalue weighted by Gasteiger charge is 2.18. The minimum absolute atomic E-state index is 0.163. The predicted molar refractivity (Wildman–Crippen MR) is 53.3 cm³/mol. The molecule has 3 nitrogen and oxygen atoms in total. The topological polar surface area (TPSA) is 52.3 Å². The van der Waals surface area contributed by atoms with Gasteiger partial charge in [-0.3, -0.25) is 0 Å². The zero-order valence-electron chi connectivity index (χ0n) is 8.89. The second kappa shape index (κ2) is 4.42. The highest BCUT2D eigenvalue weighted by molar-refractivity contribution is 5.87. The standard InChI is InChI=1S/C10H19NO2/c1-7(2)9(12)13-8(3)6-10(4,5)11/h8H,1,6,11H2,2-5H3. The number of rotatable bonds is 4. The number of nitrogens with two attached hydrogens (primary N) is 1. The summed E-state index contributed by atoms with van der Waals surface area (Å²) < 4.78 is 5.07. The van der Waals surface area contributed by atoms with Gasteiger partial charge in [-0.25, -0.2) is 4.79 Å². The average molecular weight is 185 g/mol. The van der Waals surface area contributed by atoms with Crippen molar-refractivity contribution in [2.45, 2.75) is 45.8 Å². The van der Waals surface area contributed by atoms with Crippen molar-refractivity contribution in [1.82, 2.24) is 0 Å². The third kappa shape index (κ3) is 6.34. The Hall–Kier alpha value is -0.830. The SMILES string of the molecule is C=C(C)C(=O)OC(C)CC(C)(C)N. The molecule has 0 aliphatic carbocycles. The zero-order chi connectivity index (χ0) is 10.6. The molecule has 0 aromatic carbocycles. The number of hydrogen-bond acceptors (Lipinski definition) is 3. The average Bonchev–Trinajstić information content (AvgIpc) is 1.81. The first-order valence-corrected chi connectivity index (χ1v) is 4.38. The molecule has 0 rings (SSSR count). The van der Waals surface area contributed by atoms with Gasteiger partial charge in [0.25, 0.3) is 0 Å². The van der Waals surface area contributed by atoms with Crippen LogP contribution in [0.1, 0.15) is 34.1 Å². The molecule has 1 atom stereocenters. The summed E-state index contributed by atoms with van der Waals surface area (Å²) in [6.45, 7) is 10.8. The fourth-order valence-electron chi connectivity index (χ4n) is 1.07. The van der Waals surface area contributed by atoms with E-state index in [2.05, 4.69) is 6.58 Å². The van der Waals surface area contributed by atoms with E-state index in [-0.39, 0.29) is 17.6 Å². The molecule has 3 heteroatoms. The van der Waals surface area contributed by atoms with Crippen molar-refractivity contribution in [2.75, 3.05) is 0 Å². The normalized spacial score (nSPS) is 13.6. The van der Waals surface area contributed by atoms with Gasteiger partial charge < -0.3 is 10.5 Å². The summed E-state index contributed by atoms with van der Waals surface area (Å²) in [5, 5.41) is 0. The maximum absolute atomic E-state index is 11.1. The highest BCUT2D eigenvalue weighted by Crippen LogP contribution is 2.11. The lowest BCUT2D eigenvalue weighted by Gasteiger charge is -2.23. The minimum atomic E-state index is -0.350. The second-order valence-corrected chi connectivity index (χ2v) is 4.19. The molecule has 0 aliphatic heterocycles. The van der Waals surface area contributed by atoms with Gasteiger partial charge in [-0.1, -0.05) is 6.58 Å². The Morgan fingerprint density at radius 1 is 1.62 bits per heavy atom. The first kappa shape index (κ1) is 12.2. The van der Waals surface area contributed by atoms with E-state index in [1.807, 2.05) is 20.8 Å². The molecule has 0 saturated heterocycles. The summed E-state index contributed by atoms with van der Waals surface area (Å²) in [5.41, 5.74) is 5.88. The molecular formula is C10H19NO2. The van der Waals surface area contributed by atoms with Crippen LogP contribution >= 0.6 is 0 Å². The lowest BCUT2D eigenvalue weighted by Crippen LogP contribution is -2.36. The van der Waals surface area contributed by atoms with Gasteiger partial charge in [0.15, 0.2) is 0 Å². The summed E-state index contributed by atoms with van der Waals surface area (Å²) in [4.78, 5) is 11.1. The van der Waals surface area contributed by atoms with Gasteiger partial charge in [-0.05, 0) is 27.7 Å². The van der Waals surface area contributed by atoms with E-state index in [1.165, 1.54) is 0 Å². The Bertz CT molecular complexity index is 203. The van der Waals surface area contributed by atoms with Crippen molar-refractivity contribution in [3.63, 3.8) is 0 Å². The van der Waals surface area contributed by atoms with Gasteiger partial charge in [-0.2, -0.15) is 0 Å². The van der Waals surface area contributed by atoms with E-state index >= 15 is 0 Å². The van der Waals surface area contributed by atoms with Crippen LogP contribution in [0, 0.1) is 0 Å². The minimum Gasteiger partial charge on any atom is -0.459 e. The molecule has 0 heterocycles. The fourth-order valence-corrected chi connectivity index (χ4v) is 1.07. The molecule has 0 aromatic heterocycles. The lowest BCUT2D eigenvalue weighted by atomic mass is 9.99. The quantitative estimate of drug-likeness (QED) is 0.535. The van der Waals surface area contributed by atoms with Crippen LogP contribution in [0.4, 0.5) is 0 Å². The molecule has 0 amide bonds. The molecule has 0 radical (unpaired) electrons. The fraction of sp³-hybridized carbons (Fsp3) is 0.700. The Balaban J connectivity index is 3.95. The van der Waals surface area contributed by atoms with Crippen molar-refractivity contribution in [2.24, 2.45) is 5.73 Å². The molecule has 2 N–H and O–H groups in total. The van der Waals surface area contributed by atoms with Crippen LogP contribution in [0.15, 0.2) is 12.2 Å². The first-order valence-electron chi connectivity index (χ1n) is 4.38. The summed E-state index contributed by atoms with van der Waals surface area (Å²) in [6, 6.07) is 0. The van der Waals surface area contributed by atoms with E-state index in [0.29, 0.717) is 12.0 Å². The predicted octanol–water partition coefficient (Wildman–Crippen LogP) is 1.62. The number of hydrogen-bond donors (Lipinski definition) is 1. The number of carbonyl (C=O) groups is 1. The van der Waals surface area contributed by atoms with Crippen molar-refractivity contribution in [3.8, 4) is 0 Å². The van der Waals surface area contributed by atoms with Gasteiger partial charge in [0.05, 0.1) is 0 Å². The summed E-state index contributed by atoms with van der Waals surface area (Å²) in [5.74, 6) is -0.350. The van der Waals surface area contributed by atoms with Crippen molar-refractivity contribution >= 4 is 5.97 Å². The third-order valence-corrected chi connectivity index (χ3v) is 1.47. The van der Waals surface area contributed by atoms with Crippen LogP contribution in [0.5, 0.6) is 0 Å². The Kier molecular flexibility index (Phi) is 4.14.